The molecule has 5 N–H and O–H groups in total. The number of benzene rings is 1. The second-order valence-corrected chi connectivity index (χ2v) is 4.87. The quantitative estimate of drug-likeness (QED) is 0.598. The highest BCUT2D eigenvalue weighted by molar-refractivity contribution is 5.99. The van der Waals surface area contributed by atoms with E-state index in [1.165, 1.54) is 0 Å². The van der Waals surface area contributed by atoms with Gasteiger partial charge in [-0.15, -0.1) is 0 Å². The summed E-state index contributed by atoms with van der Waals surface area (Å²) in [5.41, 5.74) is 6.20. The zero-order valence-corrected chi connectivity index (χ0v) is 12.5. The maximum Gasteiger partial charge on any atom is 0.251 e. The van der Waals surface area contributed by atoms with Gasteiger partial charge in [0.1, 0.15) is 0 Å². The van der Waals surface area contributed by atoms with Gasteiger partial charge < -0.3 is 21.5 Å². The summed E-state index contributed by atoms with van der Waals surface area (Å²) in [5.74, 6) is -0.498. The first-order valence-electron chi connectivity index (χ1n) is 7.06. The molecule has 0 aliphatic rings. The average molecular weight is 293 g/mol. The summed E-state index contributed by atoms with van der Waals surface area (Å²) in [6, 6.07) is 6.52. The minimum atomic E-state index is -0.878. The summed E-state index contributed by atoms with van der Waals surface area (Å²) in [4.78, 5) is 23.8. The number of aliphatic hydroxyl groups is 1. The lowest BCUT2D eigenvalue weighted by Crippen LogP contribution is -2.50. The van der Waals surface area contributed by atoms with E-state index in [2.05, 4.69) is 10.6 Å². The number of hydrogen-bond acceptors (Lipinski definition) is 4. The van der Waals surface area contributed by atoms with Gasteiger partial charge in [0.15, 0.2) is 0 Å². The van der Waals surface area contributed by atoms with Crippen molar-refractivity contribution in [1.29, 1.82) is 0 Å². The SMILES string of the molecule is CCC(N)(CC)C(=O)Nc1ccc(C(=O)NCCO)cc1. The van der Waals surface area contributed by atoms with Crippen LogP contribution in [-0.4, -0.2) is 35.6 Å². The Hall–Kier alpha value is -1.92. The molecule has 21 heavy (non-hydrogen) atoms. The number of carbonyl (C=O) groups is 2. The third kappa shape index (κ3) is 4.54. The van der Waals surface area contributed by atoms with E-state index in [-0.39, 0.29) is 25.0 Å². The van der Waals surface area contributed by atoms with Crippen LogP contribution < -0.4 is 16.4 Å². The van der Waals surface area contributed by atoms with Gasteiger partial charge in [0.25, 0.3) is 5.91 Å². The molecule has 0 heterocycles. The van der Waals surface area contributed by atoms with Crippen molar-refractivity contribution >= 4 is 17.5 Å². The van der Waals surface area contributed by atoms with Crippen LogP contribution >= 0.6 is 0 Å². The van der Waals surface area contributed by atoms with Gasteiger partial charge in [0.05, 0.1) is 12.1 Å². The maximum atomic E-state index is 12.1. The molecule has 0 saturated heterocycles. The van der Waals surface area contributed by atoms with Crippen LogP contribution in [0.3, 0.4) is 0 Å². The Morgan fingerprint density at radius 2 is 1.76 bits per heavy atom. The van der Waals surface area contributed by atoms with Gasteiger partial charge in [-0.2, -0.15) is 0 Å². The fraction of sp³-hybridized carbons (Fsp3) is 0.467. The molecule has 2 amide bonds. The maximum absolute atomic E-state index is 12.1. The van der Waals surface area contributed by atoms with Crippen molar-refractivity contribution < 1.29 is 14.7 Å². The molecule has 0 aliphatic heterocycles. The van der Waals surface area contributed by atoms with E-state index in [0.717, 1.165) is 0 Å². The predicted octanol–water partition coefficient (Wildman–Crippen LogP) is 0.865. The molecular weight excluding hydrogens is 270 g/mol. The molecule has 0 fully saturated rings. The molecule has 0 aromatic heterocycles. The van der Waals surface area contributed by atoms with E-state index in [1.807, 2.05) is 13.8 Å². The number of carbonyl (C=O) groups excluding carboxylic acids is 2. The standard InChI is InChI=1S/C15H23N3O3/c1-3-15(16,4-2)14(21)18-12-7-5-11(6-8-12)13(20)17-9-10-19/h5-8,19H,3-4,9-10,16H2,1-2H3,(H,17,20)(H,18,21). The van der Waals surface area contributed by atoms with E-state index in [1.54, 1.807) is 24.3 Å². The first-order chi connectivity index (χ1) is 9.96. The van der Waals surface area contributed by atoms with Gasteiger partial charge in [-0.1, -0.05) is 13.8 Å². The lowest BCUT2D eigenvalue weighted by molar-refractivity contribution is -0.121. The van der Waals surface area contributed by atoms with E-state index in [4.69, 9.17) is 10.8 Å². The highest BCUT2D eigenvalue weighted by atomic mass is 16.3. The summed E-state index contributed by atoms with van der Waals surface area (Å²) in [5, 5.41) is 14.0. The van der Waals surface area contributed by atoms with Gasteiger partial charge in [-0.25, -0.2) is 0 Å². The number of anilines is 1. The van der Waals surface area contributed by atoms with Crippen molar-refractivity contribution in [3.63, 3.8) is 0 Å². The molecule has 0 unspecified atom stereocenters. The predicted molar refractivity (Wildman–Crippen MR) is 82.0 cm³/mol. The van der Waals surface area contributed by atoms with Crippen LogP contribution in [0.2, 0.25) is 0 Å². The second kappa shape index (κ2) is 7.75. The molecule has 0 spiro atoms. The number of aliphatic hydroxyl groups excluding tert-OH is 1. The van der Waals surface area contributed by atoms with Crippen molar-refractivity contribution in [2.45, 2.75) is 32.2 Å². The number of hydrogen-bond donors (Lipinski definition) is 4. The Labute approximate surface area is 124 Å². The van der Waals surface area contributed by atoms with Crippen LogP contribution in [0.4, 0.5) is 5.69 Å². The van der Waals surface area contributed by atoms with E-state index in [0.29, 0.717) is 24.1 Å². The molecule has 0 saturated carbocycles. The molecule has 1 aromatic rings. The first kappa shape index (κ1) is 17.1. The largest absolute Gasteiger partial charge is 0.395 e. The zero-order chi connectivity index (χ0) is 15.9. The molecule has 6 nitrogen and oxygen atoms in total. The van der Waals surface area contributed by atoms with Crippen molar-refractivity contribution in [2.24, 2.45) is 5.73 Å². The van der Waals surface area contributed by atoms with Gasteiger partial charge in [0.2, 0.25) is 5.91 Å². The molecule has 1 aromatic carbocycles. The molecule has 0 bridgehead atoms. The van der Waals surface area contributed by atoms with Crippen LogP contribution in [0.1, 0.15) is 37.0 Å². The van der Waals surface area contributed by atoms with E-state index in [9.17, 15) is 9.59 Å². The number of nitrogens with two attached hydrogens (primary N) is 1. The van der Waals surface area contributed by atoms with Crippen LogP contribution in [0.5, 0.6) is 0 Å². The lowest BCUT2D eigenvalue weighted by atomic mass is 9.93. The normalized spacial score (nSPS) is 11.0. The lowest BCUT2D eigenvalue weighted by Gasteiger charge is -2.25. The molecule has 6 heteroatoms. The fourth-order valence-corrected chi connectivity index (χ4v) is 1.80. The van der Waals surface area contributed by atoms with Gasteiger partial charge in [-0.3, -0.25) is 9.59 Å². The Morgan fingerprint density at radius 1 is 1.19 bits per heavy atom. The fourth-order valence-electron chi connectivity index (χ4n) is 1.80. The number of amides is 2. The smallest absolute Gasteiger partial charge is 0.251 e. The van der Waals surface area contributed by atoms with Gasteiger partial charge in [0, 0.05) is 17.8 Å². The highest BCUT2D eigenvalue weighted by Gasteiger charge is 2.29. The minimum Gasteiger partial charge on any atom is -0.395 e. The third-order valence-electron chi connectivity index (χ3n) is 3.52. The molecule has 0 radical (unpaired) electrons. The van der Waals surface area contributed by atoms with E-state index >= 15 is 0 Å². The van der Waals surface area contributed by atoms with Crippen molar-refractivity contribution in [3.8, 4) is 0 Å². The zero-order valence-electron chi connectivity index (χ0n) is 12.5. The molecule has 0 atom stereocenters. The summed E-state index contributed by atoms with van der Waals surface area (Å²) >= 11 is 0. The van der Waals surface area contributed by atoms with Crippen LogP contribution in [0.15, 0.2) is 24.3 Å². The van der Waals surface area contributed by atoms with Crippen molar-refractivity contribution in [1.82, 2.24) is 5.32 Å². The first-order valence-corrected chi connectivity index (χ1v) is 7.06. The van der Waals surface area contributed by atoms with Gasteiger partial charge >= 0.3 is 0 Å². The highest BCUT2D eigenvalue weighted by Crippen LogP contribution is 2.16. The average Bonchev–Trinajstić information content (AvgIpc) is 2.52. The Morgan fingerprint density at radius 3 is 2.24 bits per heavy atom. The third-order valence-corrected chi connectivity index (χ3v) is 3.52. The molecular formula is C15H23N3O3. The second-order valence-electron chi connectivity index (χ2n) is 4.87. The molecule has 0 aliphatic carbocycles. The van der Waals surface area contributed by atoms with Crippen molar-refractivity contribution in [2.75, 3.05) is 18.5 Å². The summed E-state index contributed by atoms with van der Waals surface area (Å²) in [6.07, 6.45) is 1.11. The summed E-state index contributed by atoms with van der Waals surface area (Å²) < 4.78 is 0. The van der Waals surface area contributed by atoms with Crippen LogP contribution in [-0.2, 0) is 4.79 Å². The van der Waals surface area contributed by atoms with Gasteiger partial charge in [-0.05, 0) is 37.1 Å². The monoisotopic (exact) mass is 293 g/mol. The Bertz CT molecular complexity index is 481. The van der Waals surface area contributed by atoms with Crippen molar-refractivity contribution in [3.05, 3.63) is 29.8 Å². The van der Waals surface area contributed by atoms with Crippen LogP contribution in [0, 0.1) is 0 Å². The summed E-state index contributed by atoms with van der Waals surface area (Å²) in [7, 11) is 0. The van der Waals surface area contributed by atoms with E-state index < -0.39 is 5.54 Å². The Balaban J connectivity index is 2.71. The van der Waals surface area contributed by atoms with Crippen LogP contribution in [0.25, 0.3) is 0 Å². The molecule has 116 valence electrons. The summed E-state index contributed by atoms with van der Waals surface area (Å²) in [6.45, 7) is 3.85. The Kier molecular flexibility index (Phi) is 6.33. The number of rotatable bonds is 7. The molecule has 1 rings (SSSR count). The topological polar surface area (TPSA) is 104 Å². The number of nitrogens with one attached hydrogen (secondary N) is 2. The minimum absolute atomic E-state index is 0.105.